The minimum atomic E-state index is -1.23. The second-order valence-corrected chi connectivity index (χ2v) is 6.56. The van der Waals surface area contributed by atoms with Crippen LogP contribution in [0.2, 0.25) is 0 Å². The third-order valence-corrected chi connectivity index (χ3v) is 5.06. The molecule has 0 aliphatic carbocycles. The van der Waals surface area contributed by atoms with E-state index in [1.807, 2.05) is 0 Å². The predicted molar refractivity (Wildman–Crippen MR) is 125 cm³/mol. The van der Waals surface area contributed by atoms with Gasteiger partial charge < -0.3 is 20.0 Å². The number of carbonyl (C=O) groups is 2. The van der Waals surface area contributed by atoms with Crippen molar-refractivity contribution in [3.05, 3.63) is 47.5 Å². The Balaban J connectivity index is 0.000000503. The second kappa shape index (κ2) is 15.4. The van der Waals surface area contributed by atoms with Gasteiger partial charge in [0.15, 0.2) is 0 Å². The third-order valence-electron chi connectivity index (χ3n) is 5.06. The van der Waals surface area contributed by atoms with Crippen LogP contribution in [0, 0.1) is 0 Å². The van der Waals surface area contributed by atoms with Gasteiger partial charge >= 0.3 is 11.9 Å². The van der Waals surface area contributed by atoms with Crippen LogP contribution >= 0.6 is 0 Å². The number of hydrogen-bond donors (Lipinski definition) is 2. The number of benzene rings is 2. The molecule has 0 atom stereocenters. The first-order valence-corrected chi connectivity index (χ1v) is 10.7. The molecule has 6 heteroatoms. The van der Waals surface area contributed by atoms with E-state index in [9.17, 15) is 9.59 Å². The van der Waals surface area contributed by atoms with E-state index in [-0.39, 0.29) is 11.1 Å². The molecule has 2 aromatic rings. The summed E-state index contributed by atoms with van der Waals surface area (Å²) in [5.74, 6) is -2.46. The van der Waals surface area contributed by atoms with Crippen molar-refractivity contribution in [2.24, 2.45) is 0 Å². The molecule has 2 aromatic carbocycles. The maximum atomic E-state index is 11.1. The molecule has 0 bridgehead atoms. The molecule has 0 saturated heterocycles. The Bertz CT molecular complexity index is 746. The molecule has 0 spiro atoms. The molecule has 2 rings (SSSR count). The molecule has 0 aliphatic heterocycles. The van der Waals surface area contributed by atoms with Crippen LogP contribution in [0.15, 0.2) is 36.4 Å². The highest BCUT2D eigenvalue weighted by Gasteiger charge is 2.18. The Kier molecular flexibility index (Phi) is 14.2. The Labute approximate surface area is 181 Å². The van der Waals surface area contributed by atoms with Gasteiger partial charge in [-0.2, -0.15) is 0 Å². The summed E-state index contributed by atoms with van der Waals surface area (Å²) in [5.41, 5.74) is -0.350. The monoisotopic (exact) mass is 418 g/mol. The highest BCUT2D eigenvalue weighted by atomic mass is 16.4. The predicted octanol–water partition coefficient (Wildman–Crippen LogP) is 4.93. The summed E-state index contributed by atoms with van der Waals surface area (Å²) in [6.45, 7) is 20.2. The maximum absolute atomic E-state index is 11.1. The van der Waals surface area contributed by atoms with Gasteiger partial charge in [0.25, 0.3) is 0 Å². The molecule has 0 radical (unpaired) electrons. The van der Waals surface area contributed by atoms with Crippen molar-refractivity contribution in [1.82, 2.24) is 9.80 Å². The number of fused-ring (bicyclic) bond motifs is 1. The molecule has 0 saturated carbocycles. The SMILES string of the molecule is CCN(CC)CC.CCN(CC)CC.O=C(O)c1ccc2ccccc2c1C(=O)O. The van der Waals surface area contributed by atoms with Gasteiger partial charge in [0.1, 0.15) is 0 Å². The Morgan fingerprint density at radius 2 is 1.10 bits per heavy atom. The van der Waals surface area contributed by atoms with Crippen molar-refractivity contribution in [1.29, 1.82) is 0 Å². The van der Waals surface area contributed by atoms with Crippen LogP contribution in [-0.4, -0.2) is 71.2 Å². The average Bonchev–Trinajstić information content (AvgIpc) is 2.76. The van der Waals surface area contributed by atoms with Crippen LogP contribution in [0.4, 0.5) is 0 Å². The van der Waals surface area contributed by atoms with Crippen molar-refractivity contribution in [3.63, 3.8) is 0 Å². The van der Waals surface area contributed by atoms with Crippen LogP contribution in [0.25, 0.3) is 10.8 Å². The first-order valence-electron chi connectivity index (χ1n) is 10.7. The second-order valence-electron chi connectivity index (χ2n) is 6.56. The van der Waals surface area contributed by atoms with E-state index >= 15 is 0 Å². The molecule has 30 heavy (non-hydrogen) atoms. The Hall–Kier alpha value is -2.44. The fourth-order valence-electron chi connectivity index (χ4n) is 3.02. The van der Waals surface area contributed by atoms with Gasteiger partial charge in [0.2, 0.25) is 0 Å². The number of hydrogen-bond acceptors (Lipinski definition) is 4. The van der Waals surface area contributed by atoms with Gasteiger partial charge in [-0.1, -0.05) is 71.9 Å². The fraction of sp³-hybridized carbons (Fsp3) is 0.500. The summed E-state index contributed by atoms with van der Waals surface area (Å²) in [5, 5.41) is 19.1. The van der Waals surface area contributed by atoms with E-state index in [0.717, 1.165) is 0 Å². The summed E-state index contributed by atoms with van der Waals surface area (Å²) in [4.78, 5) is 26.7. The summed E-state index contributed by atoms with van der Waals surface area (Å²) >= 11 is 0. The third kappa shape index (κ3) is 8.93. The van der Waals surface area contributed by atoms with E-state index in [2.05, 4.69) is 51.3 Å². The van der Waals surface area contributed by atoms with E-state index in [0.29, 0.717) is 10.8 Å². The number of aromatic carboxylic acids is 2. The zero-order chi connectivity index (χ0) is 23.1. The smallest absolute Gasteiger partial charge is 0.337 e. The van der Waals surface area contributed by atoms with Crippen LogP contribution < -0.4 is 0 Å². The summed E-state index contributed by atoms with van der Waals surface area (Å²) in [7, 11) is 0. The normalized spacial score (nSPS) is 10.3. The lowest BCUT2D eigenvalue weighted by Gasteiger charge is -2.13. The molecule has 0 amide bonds. The van der Waals surface area contributed by atoms with E-state index < -0.39 is 11.9 Å². The topological polar surface area (TPSA) is 81.1 Å². The van der Waals surface area contributed by atoms with Crippen molar-refractivity contribution < 1.29 is 19.8 Å². The summed E-state index contributed by atoms with van der Waals surface area (Å²) in [6, 6.07) is 9.72. The summed E-state index contributed by atoms with van der Waals surface area (Å²) < 4.78 is 0. The molecule has 0 aliphatic rings. The van der Waals surface area contributed by atoms with E-state index in [1.165, 1.54) is 45.3 Å². The van der Waals surface area contributed by atoms with Crippen LogP contribution in [0.5, 0.6) is 0 Å². The lowest BCUT2D eigenvalue weighted by atomic mass is 9.99. The molecule has 0 fully saturated rings. The molecular formula is C24H38N2O4. The van der Waals surface area contributed by atoms with Gasteiger partial charge in [0.05, 0.1) is 11.1 Å². The van der Waals surface area contributed by atoms with Crippen molar-refractivity contribution in [2.45, 2.75) is 41.5 Å². The molecule has 0 aromatic heterocycles. The first-order chi connectivity index (χ1) is 14.3. The largest absolute Gasteiger partial charge is 0.478 e. The van der Waals surface area contributed by atoms with Gasteiger partial charge in [0, 0.05) is 0 Å². The minimum Gasteiger partial charge on any atom is -0.478 e. The quantitative estimate of drug-likeness (QED) is 0.632. The van der Waals surface area contributed by atoms with Crippen molar-refractivity contribution in [2.75, 3.05) is 39.3 Å². The Morgan fingerprint density at radius 3 is 1.43 bits per heavy atom. The molecule has 2 N–H and O–H groups in total. The molecule has 168 valence electrons. The van der Waals surface area contributed by atoms with Crippen LogP contribution in [-0.2, 0) is 0 Å². The van der Waals surface area contributed by atoms with E-state index in [1.54, 1.807) is 30.3 Å². The van der Waals surface area contributed by atoms with Crippen molar-refractivity contribution >= 4 is 22.7 Å². The molecule has 0 unspecified atom stereocenters. The van der Waals surface area contributed by atoms with Gasteiger partial charge in [-0.25, -0.2) is 9.59 Å². The molecule has 0 heterocycles. The standard InChI is InChI=1S/C12H8O4.2C6H15N/c13-11(14)9-6-5-7-3-1-2-4-8(7)10(9)12(15)16;2*1-4-7(5-2)6-3/h1-6H,(H,13,14)(H,15,16);2*4-6H2,1-3H3. The molecular weight excluding hydrogens is 380 g/mol. The highest BCUT2D eigenvalue weighted by Crippen LogP contribution is 2.22. The number of carboxylic acids is 2. The van der Waals surface area contributed by atoms with Crippen LogP contribution in [0.3, 0.4) is 0 Å². The lowest BCUT2D eigenvalue weighted by Crippen LogP contribution is -2.21. The maximum Gasteiger partial charge on any atom is 0.337 e. The Morgan fingerprint density at radius 1 is 0.667 bits per heavy atom. The van der Waals surface area contributed by atoms with Gasteiger partial charge in [-0.05, 0) is 56.1 Å². The number of nitrogens with zero attached hydrogens (tertiary/aromatic N) is 2. The van der Waals surface area contributed by atoms with Gasteiger partial charge in [-0.3, -0.25) is 0 Å². The minimum absolute atomic E-state index is 0.161. The number of rotatable bonds is 8. The highest BCUT2D eigenvalue weighted by molar-refractivity contribution is 6.11. The van der Waals surface area contributed by atoms with Crippen LogP contribution in [0.1, 0.15) is 62.3 Å². The number of carboxylic acid groups (broad SMARTS) is 2. The fourth-order valence-corrected chi connectivity index (χ4v) is 3.02. The van der Waals surface area contributed by atoms with Gasteiger partial charge in [-0.15, -0.1) is 0 Å². The average molecular weight is 419 g/mol. The summed E-state index contributed by atoms with van der Waals surface area (Å²) in [6.07, 6.45) is 0. The lowest BCUT2D eigenvalue weighted by molar-refractivity contribution is 0.0653. The first kappa shape index (κ1) is 27.6. The van der Waals surface area contributed by atoms with E-state index in [4.69, 9.17) is 10.2 Å². The zero-order valence-electron chi connectivity index (χ0n) is 19.3. The molecule has 6 nitrogen and oxygen atoms in total. The zero-order valence-corrected chi connectivity index (χ0v) is 19.3. The van der Waals surface area contributed by atoms with Crippen molar-refractivity contribution in [3.8, 4) is 0 Å².